The summed E-state index contributed by atoms with van der Waals surface area (Å²) in [6.45, 7) is 0. The van der Waals surface area contributed by atoms with Crippen molar-refractivity contribution < 1.29 is 19.1 Å². The minimum atomic E-state index is -0.535. The maximum absolute atomic E-state index is 12.1. The Hall–Kier alpha value is -3.40. The summed E-state index contributed by atoms with van der Waals surface area (Å²) >= 11 is 0. The molecule has 4 heteroatoms. The van der Waals surface area contributed by atoms with Gasteiger partial charge in [-0.05, 0) is 42.5 Å². The second kappa shape index (κ2) is 7.24. The first-order valence-corrected chi connectivity index (χ1v) is 7.28. The van der Waals surface area contributed by atoms with Crippen LogP contribution in [0.3, 0.4) is 0 Å². The van der Waals surface area contributed by atoms with E-state index in [1.165, 1.54) is 12.1 Å². The number of hydrogen-bond donors (Lipinski definition) is 0. The monoisotopic (exact) mass is 317 g/mol. The van der Waals surface area contributed by atoms with Gasteiger partial charge in [-0.15, -0.1) is 0 Å². The molecule has 4 nitrogen and oxygen atoms in total. The van der Waals surface area contributed by atoms with Crippen molar-refractivity contribution in [3.05, 3.63) is 96.1 Å². The number of hydrogen-bond acceptors (Lipinski definition) is 4. The molecule has 1 radical (unpaired) electrons. The van der Waals surface area contributed by atoms with Crippen molar-refractivity contribution in [2.45, 2.75) is 0 Å². The zero-order chi connectivity index (χ0) is 16.8. The normalized spacial score (nSPS) is 10.0. The van der Waals surface area contributed by atoms with Crippen LogP contribution in [0.15, 0.2) is 78.9 Å². The lowest BCUT2D eigenvalue weighted by Crippen LogP contribution is -2.12. The molecule has 0 aromatic heterocycles. The lowest BCUT2D eigenvalue weighted by atomic mass is 10.2. The zero-order valence-corrected chi connectivity index (χ0v) is 12.6. The summed E-state index contributed by atoms with van der Waals surface area (Å²) in [5.74, 6) is -0.770. The van der Waals surface area contributed by atoms with Gasteiger partial charge in [0.15, 0.2) is 11.5 Å². The van der Waals surface area contributed by atoms with E-state index in [0.717, 1.165) is 0 Å². The third-order valence-corrected chi connectivity index (χ3v) is 3.21. The van der Waals surface area contributed by atoms with Crippen LogP contribution in [-0.4, -0.2) is 11.9 Å². The highest BCUT2D eigenvalue weighted by molar-refractivity contribution is 5.93. The molecule has 0 spiro atoms. The quantitative estimate of drug-likeness (QED) is 0.540. The largest absolute Gasteiger partial charge is 0.419 e. The fourth-order valence-corrected chi connectivity index (χ4v) is 2.03. The summed E-state index contributed by atoms with van der Waals surface area (Å²) in [5, 5.41) is 0. The number of benzene rings is 3. The molecular weight excluding hydrogens is 304 g/mol. The first-order valence-electron chi connectivity index (χ1n) is 7.28. The summed E-state index contributed by atoms with van der Waals surface area (Å²) in [4.78, 5) is 24.3. The predicted molar refractivity (Wildman–Crippen MR) is 88.1 cm³/mol. The maximum Gasteiger partial charge on any atom is 0.343 e. The number of rotatable bonds is 4. The van der Waals surface area contributed by atoms with E-state index in [9.17, 15) is 9.59 Å². The van der Waals surface area contributed by atoms with Crippen molar-refractivity contribution >= 4 is 11.9 Å². The van der Waals surface area contributed by atoms with E-state index in [0.29, 0.717) is 11.1 Å². The highest BCUT2D eigenvalue weighted by Gasteiger charge is 2.15. The first kappa shape index (κ1) is 15.5. The standard InChI is InChI=1S/C20H13O4/c21-19(15-9-3-1-4-10-15)23-17-13-7-8-14-18(17)24-20(22)16-11-5-2-6-12-16/h1-7,9-14H. The summed E-state index contributed by atoms with van der Waals surface area (Å²) in [5.41, 5.74) is 0.812. The minimum absolute atomic E-state index is 0.135. The van der Waals surface area contributed by atoms with Gasteiger partial charge in [0, 0.05) is 0 Å². The van der Waals surface area contributed by atoms with Crippen LogP contribution >= 0.6 is 0 Å². The van der Waals surface area contributed by atoms with Crippen LogP contribution in [0, 0.1) is 6.07 Å². The SMILES string of the molecule is O=C(Oc1c[c]ccc1OC(=O)c1ccccc1)c1ccccc1. The Morgan fingerprint density at radius 1 is 0.667 bits per heavy atom. The topological polar surface area (TPSA) is 52.6 Å². The predicted octanol–water partition coefficient (Wildman–Crippen LogP) is 3.93. The van der Waals surface area contributed by atoms with Gasteiger partial charge in [-0.25, -0.2) is 9.59 Å². The molecule has 0 amide bonds. The van der Waals surface area contributed by atoms with E-state index in [2.05, 4.69) is 6.07 Å². The average molecular weight is 317 g/mol. The highest BCUT2D eigenvalue weighted by Crippen LogP contribution is 2.27. The third-order valence-electron chi connectivity index (χ3n) is 3.21. The third kappa shape index (κ3) is 3.67. The summed E-state index contributed by atoms with van der Waals surface area (Å²) in [6, 6.07) is 24.5. The molecule has 3 aromatic carbocycles. The Bertz CT molecular complexity index is 769. The fraction of sp³-hybridized carbons (Fsp3) is 0. The molecule has 0 aliphatic rings. The van der Waals surface area contributed by atoms with E-state index in [1.807, 2.05) is 0 Å². The highest BCUT2D eigenvalue weighted by atomic mass is 16.6. The van der Waals surface area contributed by atoms with Crippen molar-refractivity contribution in [1.29, 1.82) is 0 Å². The molecule has 117 valence electrons. The van der Waals surface area contributed by atoms with Gasteiger partial charge < -0.3 is 9.47 Å². The van der Waals surface area contributed by atoms with Crippen LogP contribution in [0.2, 0.25) is 0 Å². The molecule has 3 aromatic rings. The molecule has 0 saturated carbocycles. The van der Waals surface area contributed by atoms with Gasteiger partial charge in [0.2, 0.25) is 0 Å². The maximum atomic E-state index is 12.1. The van der Waals surface area contributed by atoms with Crippen LogP contribution < -0.4 is 9.47 Å². The van der Waals surface area contributed by atoms with E-state index >= 15 is 0 Å². The summed E-state index contributed by atoms with van der Waals surface area (Å²) in [6.07, 6.45) is 0. The molecular formula is C20H13O4. The molecule has 0 fully saturated rings. The molecule has 0 saturated heterocycles. The molecule has 0 heterocycles. The Morgan fingerprint density at radius 3 is 1.71 bits per heavy atom. The molecule has 0 unspecified atom stereocenters. The second-order valence-electron chi connectivity index (χ2n) is 4.88. The van der Waals surface area contributed by atoms with Crippen LogP contribution in [0.5, 0.6) is 11.5 Å². The Balaban J connectivity index is 1.78. The lowest BCUT2D eigenvalue weighted by molar-refractivity contribution is 0.0682. The van der Waals surface area contributed by atoms with Gasteiger partial charge in [-0.1, -0.05) is 42.5 Å². The Labute approximate surface area is 139 Å². The van der Waals surface area contributed by atoms with Crippen LogP contribution in [0.4, 0.5) is 0 Å². The number of carbonyl (C=O) groups excluding carboxylic acids is 2. The molecule has 0 aliphatic carbocycles. The van der Waals surface area contributed by atoms with Gasteiger partial charge in [0.25, 0.3) is 0 Å². The number of ether oxygens (including phenoxy) is 2. The van der Waals surface area contributed by atoms with E-state index in [-0.39, 0.29) is 11.5 Å². The van der Waals surface area contributed by atoms with Crippen molar-refractivity contribution in [3.63, 3.8) is 0 Å². The van der Waals surface area contributed by atoms with Gasteiger partial charge in [-0.3, -0.25) is 0 Å². The molecule has 24 heavy (non-hydrogen) atoms. The van der Waals surface area contributed by atoms with Crippen molar-refractivity contribution in [2.24, 2.45) is 0 Å². The Kier molecular flexibility index (Phi) is 4.68. The molecule has 0 atom stereocenters. The molecule has 0 aliphatic heterocycles. The second-order valence-corrected chi connectivity index (χ2v) is 4.88. The van der Waals surface area contributed by atoms with Gasteiger partial charge in [0.05, 0.1) is 11.1 Å². The Morgan fingerprint density at radius 2 is 1.17 bits per heavy atom. The van der Waals surface area contributed by atoms with Crippen LogP contribution in [-0.2, 0) is 0 Å². The molecule has 3 rings (SSSR count). The van der Waals surface area contributed by atoms with E-state index < -0.39 is 11.9 Å². The fourth-order valence-electron chi connectivity index (χ4n) is 2.03. The number of esters is 2. The zero-order valence-electron chi connectivity index (χ0n) is 12.6. The summed E-state index contributed by atoms with van der Waals surface area (Å²) in [7, 11) is 0. The van der Waals surface area contributed by atoms with E-state index in [4.69, 9.17) is 9.47 Å². The van der Waals surface area contributed by atoms with Crippen molar-refractivity contribution in [3.8, 4) is 11.5 Å². The summed E-state index contributed by atoms with van der Waals surface area (Å²) < 4.78 is 10.7. The van der Waals surface area contributed by atoms with Gasteiger partial charge >= 0.3 is 11.9 Å². The molecule has 0 bridgehead atoms. The van der Waals surface area contributed by atoms with E-state index in [1.54, 1.807) is 66.7 Å². The average Bonchev–Trinajstić information content (AvgIpc) is 2.64. The van der Waals surface area contributed by atoms with Crippen molar-refractivity contribution in [1.82, 2.24) is 0 Å². The number of carbonyl (C=O) groups is 2. The minimum Gasteiger partial charge on any atom is -0.419 e. The van der Waals surface area contributed by atoms with Crippen molar-refractivity contribution in [2.75, 3.05) is 0 Å². The van der Waals surface area contributed by atoms with Crippen LogP contribution in [0.25, 0.3) is 0 Å². The molecule has 0 N–H and O–H groups in total. The van der Waals surface area contributed by atoms with Gasteiger partial charge in [0.1, 0.15) is 0 Å². The van der Waals surface area contributed by atoms with Crippen LogP contribution in [0.1, 0.15) is 20.7 Å². The smallest absolute Gasteiger partial charge is 0.343 e. The lowest BCUT2D eigenvalue weighted by Gasteiger charge is -2.10. The van der Waals surface area contributed by atoms with Gasteiger partial charge in [-0.2, -0.15) is 0 Å². The first-order chi connectivity index (χ1) is 11.7.